The van der Waals surface area contributed by atoms with Gasteiger partial charge in [-0.2, -0.15) is 5.10 Å². The number of benzene rings is 3. The summed E-state index contributed by atoms with van der Waals surface area (Å²) in [6.07, 6.45) is 0.818. The first-order valence-electron chi connectivity index (χ1n) is 10.2. The Morgan fingerprint density at radius 1 is 1.09 bits per heavy atom. The summed E-state index contributed by atoms with van der Waals surface area (Å²) in [7, 11) is 1.57. The van der Waals surface area contributed by atoms with Gasteiger partial charge in [0.25, 0.3) is 5.91 Å². The number of nitrogens with zero attached hydrogens (tertiary/aromatic N) is 1. The largest absolute Gasteiger partial charge is 0.493 e. The molecule has 0 bridgehead atoms. The van der Waals surface area contributed by atoms with Crippen LogP contribution in [0, 0.1) is 0 Å². The molecule has 0 aliphatic heterocycles. The van der Waals surface area contributed by atoms with Gasteiger partial charge in [-0.3, -0.25) is 4.79 Å². The molecular weight excluding hydrogens is 472 g/mol. The van der Waals surface area contributed by atoms with Crippen LogP contribution >= 0.6 is 15.9 Å². The Kier molecular flexibility index (Phi) is 8.27. The highest BCUT2D eigenvalue weighted by Crippen LogP contribution is 2.36. The molecule has 0 aromatic heterocycles. The Morgan fingerprint density at radius 3 is 2.44 bits per heavy atom. The van der Waals surface area contributed by atoms with E-state index in [2.05, 4.69) is 26.5 Å². The van der Waals surface area contributed by atoms with Gasteiger partial charge >= 0.3 is 0 Å². The van der Waals surface area contributed by atoms with E-state index in [1.807, 2.05) is 67.6 Å². The van der Waals surface area contributed by atoms with Crippen molar-refractivity contribution in [2.45, 2.75) is 20.0 Å². The number of hydrazone groups is 1. The second-order valence-corrected chi connectivity index (χ2v) is 7.71. The molecule has 1 atom stereocenters. The summed E-state index contributed by atoms with van der Waals surface area (Å²) in [6, 6.07) is 21.3. The standard InChI is InChI=1S/C25H25BrN2O4/c1-4-31-24-22(26)14-18(15-23(24)30-3)16-27-28-25(29)17(2)32-21-12-10-20(11-13-21)19-8-6-5-7-9-19/h5-17H,4H2,1-3H3,(H,28,29)/t17-/m0/s1. The SMILES string of the molecule is CCOc1c(Br)cc(C=NNC(=O)[C@H](C)Oc2ccc(-c3ccccc3)cc2)cc1OC. The van der Waals surface area contributed by atoms with E-state index in [0.717, 1.165) is 21.2 Å². The van der Waals surface area contributed by atoms with Crippen LogP contribution in [0.5, 0.6) is 17.2 Å². The lowest BCUT2D eigenvalue weighted by molar-refractivity contribution is -0.127. The molecule has 166 valence electrons. The number of nitrogens with one attached hydrogen (secondary N) is 1. The van der Waals surface area contributed by atoms with Crippen molar-refractivity contribution in [3.05, 3.63) is 76.8 Å². The van der Waals surface area contributed by atoms with Crippen LogP contribution in [0.15, 0.2) is 76.3 Å². The van der Waals surface area contributed by atoms with Crippen molar-refractivity contribution in [3.63, 3.8) is 0 Å². The van der Waals surface area contributed by atoms with Crippen LogP contribution in [-0.2, 0) is 4.79 Å². The second kappa shape index (κ2) is 11.3. The number of hydrogen-bond donors (Lipinski definition) is 1. The highest BCUT2D eigenvalue weighted by molar-refractivity contribution is 9.10. The van der Waals surface area contributed by atoms with Crippen molar-refractivity contribution in [2.24, 2.45) is 5.10 Å². The molecule has 0 saturated carbocycles. The summed E-state index contributed by atoms with van der Waals surface area (Å²) in [5.74, 6) is 1.45. The predicted molar refractivity (Wildman–Crippen MR) is 130 cm³/mol. The van der Waals surface area contributed by atoms with E-state index >= 15 is 0 Å². The maximum absolute atomic E-state index is 12.4. The molecule has 0 spiro atoms. The quantitative estimate of drug-likeness (QED) is 0.316. The lowest BCUT2D eigenvalue weighted by Gasteiger charge is -2.13. The van der Waals surface area contributed by atoms with Gasteiger partial charge in [-0.1, -0.05) is 42.5 Å². The average Bonchev–Trinajstić information content (AvgIpc) is 2.81. The summed E-state index contributed by atoms with van der Waals surface area (Å²) in [4.78, 5) is 12.4. The maximum atomic E-state index is 12.4. The molecule has 1 amide bonds. The van der Waals surface area contributed by atoms with Gasteiger partial charge in [0.2, 0.25) is 0 Å². The van der Waals surface area contributed by atoms with Crippen LogP contribution in [0.3, 0.4) is 0 Å². The van der Waals surface area contributed by atoms with Gasteiger partial charge in [0.05, 0.1) is 24.4 Å². The number of rotatable bonds is 9. The molecule has 7 heteroatoms. The number of amides is 1. The molecule has 0 radical (unpaired) electrons. The monoisotopic (exact) mass is 496 g/mol. The van der Waals surface area contributed by atoms with Crippen LogP contribution in [0.1, 0.15) is 19.4 Å². The zero-order chi connectivity index (χ0) is 22.9. The smallest absolute Gasteiger partial charge is 0.280 e. The molecule has 3 rings (SSSR count). The topological polar surface area (TPSA) is 69.2 Å². The molecule has 6 nitrogen and oxygen atoms in total. The molecule has 0 saturated heterocycles. The number of methoxy groups -OCH3 is 1. The van der Waals surface area contributed by atoms with Gasteiger partial charge in [0, 0.05) is 0 Å². The Bertz CT molecular complexity index is 1070. The fourth-order valence-corrected chi connectivity index (χ4v) is 3.55. The van der Waals surface area contributed by atoms with Gasteiger partial charge in [-0.05, 0) is 70.7 Å². The molecule has 0 unspecified atom stereocenters. The minimum atomic E-state index is -0.712. The Hall–Kier alpha value is -3.32. The Balaban J connectivity index is 1.58. The van der Waals surface area contributed by atoms with Crippen molar-refractivity contribution in [1.82, 2.24) is 5.43 Å². The summed E-state index contributed by atoms with van der Waals surface area (Å²) in [5, 5.41) is 4.03. The van der Waals surface area contributed by atoms with E-state index in [4.69, 9.17) is 14.2 Å². The van der Waals surface area contributed by atoms with E-state index in [1.165, 1.54) is 6.21 Å². The van der Waals surface area contributed by atoms with Crippen LogP contribution in [0.2, 0.25) is 0 Å². The van der Waals surface area contributed by atoms with Crippen LogP contribution in [-0.4, -0.2) is 31.9 Å². The number of hydrogen-bond acceptors (Lipinski definition) is 5. The van der Waals surface area contributed by atoms with Gasteiger partial charge < -0.3 is 14.2 Å². The van der Waals surface area contributed by atoms with E-state index < -0.39 is 6.10 Å². The summed E-state index contributed by atoms with van der Waals surface area (Å²) < 4.78 is 17.4. The molecule has 0 fully saturated rings. The predicted octanol–water partition coefficient (Wildman–Crippen LogP) is 5.44. The molecule has 0 aliphatic rings. The molecule has 0 heterocycles. The number of carbonyl (C=O) groups excluding carboxylic acids is 1. The summed E-state index contributed by atoms with van der Waals surface area (Å²) in [6.45, 7) is 4.09. The van der Waals surface area contributed by atoms with E-state index in [0.29, 0.717) is 23.9 Å². The minimum absolute atomic E-state index is 0.356. The van der Waals surface area contributed by atoms with Crippen LogP contribution in [0.25, 0.3) is 11.1 Å². The Morgan fingerprint density at radius 2 is 1.78 bits per heavy atom. The number of carbonyl (C=O) groups is 1. The normalized spacial score (nSPS) is 11.8. The van der Waals surface area contributed by atoms with E-state index in [9.17, 15) is 4.79 Å². The van der Waals surface area contributed by atoms with Gasteiger partial charge in [0.15, 0.2) is 17.6 Å². The third kappa shape index (κ3) is 6.11. The van der Waals surface area contributed by atoms with Crippen molar-refractivity contribution in [1.29, 1.82) is 0 Å². The highest BCUT2D eigenvalue weighted by atomic mass is 79.9. The zero-order valence-corrected chi connectivity index (χ0v) is 19.8. The van der Waals surface area contributed by atoms with Crippen LogP contribution < -0.4 is 19.6 Å². The third-order valence-corrected chi connectivity index (χ3v) is 5.16. The molecule has 1 N–H and O–H groups in total. The highest BCUT2D eigenvalue weighted by Gasteiger charge is 2.14. The van der Waals surface area contributed by atoms with Crippen molar-refractivity contribution in [3.8, 4) is 28.4 Å². The lowest BCUT2D eigenvalue weighted by Crippen LogP contribution is -2.33. The first kappa shape index (κ1) is 23.3. The first-order valence-corrected chi connectivity index (χ1v) is 11.0. The zero-order valence-electron chi connectivity index (χ0n) is 18.2. The van der Waals surface area contributed by atoms with Gasteiger partial charge in [-0.15, -0.1) is 0 Å². The summed E-state index contributed by atoms with van der Waals surface area (Å²) in [5.41, 5.74) is 5.44. The van der Waals surface area contributed by atoms with Crippen molar-refractivity contribution < 1.29 is 19.0 Å². The van der Waals surface area contributed by atoms with E-state index in [-0.39, 0.29) is 5.91 Å². The molecule has 32 heavy (non-hydrogen) atoms. The second-order valence-electron chi connectivity index (χ2n) is 6.85. The first-order chi connectivity index (χ1) is 15.5. The van der Waals surface area contributed by atoms with Crippen molar-refractivity contribution >= 4 is 28.1 Å². The van der Waals surface area contributed by atoms with Gasteiger partial charge in [-0.25, -0.2) is 5.43 Å². The maximum Gasteiger partial charge on any atom is 0.280 e. The minimum Gasteiger partial charge on any atom is -0.493 e. The molecule has 3 aromatic carbocycles. The van der Waals surface area contributed by atoms with Crippen molar-refractivity contribution in [2.75, 3.05) is 13.7 Å². The third-order valence-electron chi connectivity index (χ3n) is 4.57. The average molecular weight is 497 g/mol. The fourth-order valence-electron chi connectivity index (χ4n) is 2.97. The van der Waals surface area contributed by atoms with E-state index in [1.54, 1.807) is 20.1 Å². The Labute approximate surface area is 196 Å². The molecular formula is C25H25BrN2O4. The van der Waals surface area contributed by atoms with Gasteiger partial charge in [0.1, 0.15) is 5.75 Å². The number of halogens is 1. The van der Waals surface area contributed by atoms with Crippen LogP contribution in [0.4, 0.5) is 0 Å². The fraction of sp³-hybridized carbons (Fsp3) is 0.200. The molecule has 0 aliphatic carbocycles. The number of ether oxygens (including phenoxy) is 3. The molecule has 3 aromatic rings. The lowest BCUT2D eigenvalue weighted by atomic mass is 10.1. The summed E-state index contributed by atoms with van der Waals surface area (Å²) >= 11 is 3.47.